The monoisotopic (exact) mass is 372 g/mol. The van der Waals surface area contributed by atoms with E-state index >= 15 is 0 Å². The molecule has 0 unspecified atom stereocenters. The summed E-state index contributed by atoms with van der Waals surface area (Å²) >= 11 is 0. The summed E-state index contributed by atoms with van der Waals surface area (Å²) in [5.74, 6) is -0.0990. The number of carbonyl (C=O) groups excluding carboxylic acids is 2. The highest BCUT2D eigenvalue weighted by molar-refractivity contribution is 5.96. The normalized spacial score (nSPS) is 15.1. The fourth-order valence-electron chi connectivity index (χ4n) is 3.01. The fraction of sp³-hybridized carbons (Fsp3) is 0.450. The SMILES string of the molecule is CC(C)COC(=O)N1CCCN(C(=O)c2cc3ccccc3oc2=O)CC1. The molecule has 1 aromatic heterocycles. The molecule has 2 heterocycles. The lowest BCUT2D eigenvalue weighted by Crippen LogP contribution is -2.39. The third-order valence-corrected chi connectivity index (χ3v) is 4.45. The third-order valence-electron chi connectivity index (χ3n) is 4.45. The van der Waals surface area contributed by atoms with Crippen molar-refractivity contribution in [1.82, 2.24) is 9.80 Å². The van der Waals surface area contributed by atoms with Crippen LogP contribution < -0.4 is 5.63 Å². The number of para-hydroxylation sites is 1. The van der Waals surface area contributed by atoms with Crippen molar-refractivity contribution < 1.29 is 18.7 Å². The number of benzene rings is 1. The molecule has 1 saturated heterocycles. The summed E-state index contributed by atoms with van der Waals surface area (Å²) in [7, 11) is 0. The number of carbonyl (C=O) groups is 2. The fourth-order valence-corrected chi connectivity index (χ4v) is 3.01. The molecule has 144 valence electrons. The van der Waals surface area contributed by atoms with Gasteiger partial charge in [0, 0.05) is 31.6 Å². The molecule has 1 fully saturated rings. The summed E-state index contributed by atoms with van der Waals surface area (Å²) in [4.78, 5) is 40.4. The molecule has 1 aromatic carbocycles. The molecule has 0 aliphatic carbocycles. The average Bonchev–Trinajstić information content (AvgIpc) is 2.91. The van der Waals surface area contributed by atoms with E-state index in [1.807, 2.05) is 19.9 Å². The summed E-state index contributed by atoms with van der Waals surface area (Å²) in [5.41, 5.74) is -0.172. The number of nitrogens with zero attached hydrogens (tertiary/aromatic N) is 2. The number of hydrogen-bond acceptors (Lipinski definition) is 5. The second-order valence-electron chi connectivity index (χ2n) is 7.09. The van der Waals surface area contributed by atoms with Crippen LogP contribution in [0.3, 0.4) is 0 Å². The minimum atomic E-state index is -0.642. The van der Waals surface area contributed by atoms with Crippen molar-refractivity contribution in [3.63, 3.8) is 0 Å². The van der Waals surface area contributed by atoms with Crippen LogP contribution in [0.5, 0.6) is 0 Å². The molecule has 0 radical (unpaired) electrons. The maximum atomic E-state index is 12.8. The molecule has 0 bridgehead atoms. The lowest BCUT2D eigenvalue weighted by atomic mass is 10.1. The van der Waals surface area contributed by atoms with E-state index in [0.29, 0.717) is 50.2 Å². The molecule has 0 atom stereocenters. The molecule has 0 spiro atoms. The second kappa shape index (κ2) is 8.24. The number of amides is 2. The first-order valence-corrected chi connectivity index (χ1v) is 9.19. The molecule has 0 saturated carbocycles. The zero-order valence-electron chi connectivity index (χ0n) is 15.6. The predicted octanol–water partition coefficient (Wildman–Crippen LogP) is 2.73. The lowest BCUT2D eigenvalue weighted by Gasteiger charge is -2.22. The highest BCUT2D eigenvalue weighted by atomic mass is 16.6. The van der Waals surface area contributed by atoms with Crippen LogP contribution in [0.25, 0.3) is 11.0 Å². The van der Waals surface area contributed by atoms with E-state index in [2.05, 4.69) is 0 Å². The van der Waals surface area contributed by atoms with E-state index in [0.717, 1.165) is 0 Å². The molecule has 3 rings (SSSR count). The summed E-state index contributed by atoms with van der Waals surface area (Å²) in [6.07, 6.45) is 0.268. The van der Waals surface area contributed by atoms with Gasteiger partial charge in [0.15, 0.2) is 0 Å². The van der Waals surface area contributed by atoms with Gasteiger partial charge in [0.05, 0.1) is 6.61 Å². The Kier molecular flexibility index (Phi) is 5.78. The third kappa shape index (κ3) is 4.48. The van der Waals surface area contributed by atoms with Crippen LogP contribution in [0, 0.1) is 5.92 Å². The van der Waals surface area contributed by atoms with Crippen molar-refractivity contribution >= 4 is 23.0 Å². The molecular formula is C20H24N2O5. The smallest absolute Gasteiger partial charge is 0.409 e. The Hall–Kier alpha value is -2.83. The van der Waals surface area contributed by atoms with Crippen molar-refractivity contribution in [3.05, 3.63) is 46.3 Å². The van der Waals surface area contributed by atoms with Crippen LogP contribution >= 0.6 is 0 Å². The van der Waals surface area contributed by atoms with Gasteiger partial charge < -0.3 is 19.0 Å². The molecule has 7 heteroatoms. The Morgan fingerprint density at radius 1 is 1.11 bits per heavy atom. The maximum Gasteiger partial charge on any atom is 0.409 e. The van der Waals surface area contributed by atoms with Gasteiger partial charge in [-0.25, -0.2) is 9.59 Å². The molecule has 0 N–H and O–H groups in total. The van der Waals surface area contributed by atoms with Gasteiger partial charge in [-0.05, 0) is 24.5 Å². The van der Waals surface area contributed by atoms with Crippen molar-refractivity contribution in [3.8, 4) is 0 Å². The van der Waals surface area contributed by atoms with Crippen LogP contribution in [0.1, 0.15) is 30.6 Å². The average molecular weight is 372 g/mol. The summed E-state index contributed by atoms with van der Waals surface area (Å²) < 4.78 is 10.5. The van der Waals surface area contributed by atoms with Crippen LogP contribution in [-0.4, -0.2) is 54.6 Å². The first-order valence-electron chi connectivity index (χ1n) is 9.19. The highest BCUT2D eigenvalue weighted by Gasteiger charge is 2.25. The Bertz CT molecular complexity index is 889. The zero-order chi connectivity index (χ0) is 19.4. The topological polar surface area (TPSA) is 80.1 Å². The Balaban J connectivity index is 1.70. The van der Waals surface area contributed by atoms with E-state index in [1.165, 1.54) is 0 Å². The Morgan fingerprint density at radius 2 is 1.81 bits per heavy atom. The highest BCUT2D eigenvalue weighted by Crippen LogP contribution is 2.15. The zero-order valence-corrected chi connectivity index (χ0v) is 15.6. The Labute approximate surface area is 157 Å². The summed E-state index contributed by atoms with van der Waals surface area (Å²) in [5, 5.41) is 0.703. The standard InChI is InChI=1S/C20H24N2O5/c1-14(2)13-26-20(25)22-9-5-8-21(10-11-22)18(23)16-12-15-6-3-4-7-17(15)27-19(16)24/h3-4,6-7,12,14H,5,8-11,13H2,1-2H3. The molecule has 1 aliphatic rings. The quantitative estimate of drug-likeness (QED) is 0.774. The maximum absolute atomic E-state index is 12.8. The molecular weight excluding hydrogens is 348 g/mol. The summed E-state index contributed by atoms with van der Waals surface area (Å²) in [6, 6.07) is 8.66. The Morgan fingerprint density at radius 3 is 2.59 bits per heavy atom. The first kappa shape index (κ1) is 18.9. The summed E-state index contributed by atoms with van der Waals surface area (Å²) in [6.45, 7) is 6.04. The van der Waals surface area contributed by atoms with E-state index in [-0.39, 0.29) is 23.5 Å². The van der Waals surface area contributed by atoms with E-state index in [4.69, 9.17) is 9.15 Å². The van der Waals surface area contributed by atoms with Crippen molar-refractivity contribution in [1.29, 1.82) is 0 Å². The molecule has 27 heavy (non-hydrogen) atoms. The van der Waals surface area contributed by atoms with Gasteiger partial charge in [0.2, 0.25) is 0 Å². The van der Waals surface area contributed by atoms with Crippen LogP contribution in [-0.2, 0) is 4.74 Å². The number of hydrogen-bond donors (Lipinski definition) is 0. The van der Waals surface area contributed by atoms with E-state index in [9.17, 15) is 14.4 Å². The van der Waals surface area contributed by atoms with Crippen LogP contribution in [0.4, 0.5) is 4.79 Å². The van der Waals surface area contributed by atoms with Crippen molar-refractivity contribution in [2.75, 3.05) is 32.8 Å². The second-order valence-corrected chi connectivity index (χ2v) is 7.09. The van der Waals surface area contributed by atoms with Gasteiger partial charge in [-0.3, -0.25) is 4.79 Å². The van der Waals surface area contributed by atoms with Crippen LogP contribution in [0.15, 0.2) is 39.5 Å². The number of rotatable bonds is 3. The molecule has 1 aliphatic heterocycles. The number of fused-ring (bicyclic) bond motifs is 1. The minimum Gasteiger partial charge on any atom is -0.449 e. The number of ether oxygens (including phenoxy) is 1. The van der Waals surface area contributed by atoms with Gasteiger partial charge in [-0.1, -0.05) is 32.0 Å². The predicted molar refractivity (Wildman–Crippen MR) is 101 cm³/mol. The van der Waals surface area contributed by atoms with Crippen LogP contribution in [0.2, 0.25) is 0 Å². The van der Waals surface area contributed by atoms with E-state index < -0.39 is 5.63 Å². The first-order chi connectivity index (χ1) is 13.0. The largest absolute Gasteiger partial charge is 0.449 e. The van der Waals surface area contributed by atoms with E-state index in [1.54, 1.807) is 34.1 Å². The van der Waals surface area contributed by atoms with Gasteiger partial charge in [0.1, 0.15) is 11.1 Å². The molecule has 2 aromatic rings. The molecule has 7 nitrogen and oxygen atoms in total. The van der Waals surface area contributed by atoms with Gasteiger partial charge in [-0.2, -0.15) is 0 Å². The van der Waals surface area contributed by atoms with Gasteiger partial charge >= 0.3 is 11.7 Å². The lowest BCUT2D eigenvalue weighted by molar-refractivity contribution is 0.0742. The van der Waals surface area contributed by atoms with Crippen molar-refractivity contribution in [2.45, 2.75) is 20.3 Å². The van der Waals surface area contributed by atoms with Crippen molar-refractivity contribution in [2.24, 2.45) is 5.92 Å². The minimum absolute atomic E-state index is 0.0181. The van der Waals surface area contributed by atoms with Gasteiger partial charge in [0.25, 0.3) is 5.91 Å². The van der Waals surface area contributed by atoms with Gasteiger partial charge in [-0.15, -0.1) is 0 Å². The molecule has 2 amide bonds.